The lowest BCUT2D eigenvalue weighted by Crippen LogP contribution is -2.23. The minimum absolute atomic E-state index is 0.343. The van der Waals surface area contributed by atoms with E-state index in [1.807, 2.05) is 143 Å². The third kappa shape index (κ3) is 9.80. The monoisotopic (exact) mass is 626 g/mol. The molecule has 6 nitrogen and oxygen atoms in total. The Labute approximate surface area is 262 Å². The van der Waals surface area contributed by atoms with Crippen LogP contribution in [0.3, 0.4) is 0 Å². The number of hydrogen-bond acceptors (Lipinski definition) is 4. The van der Waals surface area contributed by atoms with Crippen LogP contribution in [0.4, 0.5) is 0 Å². The lowest BCUT2D eigenvalue weighted by molar-refractivity contribution is 0.352. The van der Waals surface area contributed by atoms with Crippen LogP contribution < -0.4 is 0 Å². The Morgan fingerprint density at radius 1 is 0.568 bits per heavy atom. The lowest BCUT2D eigenvalue weighted by Gasteiger charge is -2.30. The smallest absolute Gasteiger partial charge is 0.316 e. The molecule has 44 heavy (non-hydrogen) atoms. The molecule has 0 spiro atoms. The maximum Gasteiger partial charge on any atom is 0.316 e. The van der Waals surface area contributed by atoms with Crippen LogP contribution in [0.25, 0.3) is 11.5 Å². The van der Waals surface area contributed by atoms with Crippen molar-refractivity contribution >= 4 is 26.6 Å². The molecule has 4 aromatic rings. The summed E-state index contributed by atoms with van der Waals surface area (Å²) in [6, 6.07) is 38.6. The highest BCUT2D eigenvalue weighted by Gasteiger charge is 2.29. The van der Waals surface area contributed by atoms with Gasteiger partial charge in [0.15, 0.2) is 0 Å². The molecule has 0 aromatic heterocycles. The summed E-state index contributed by atoms with van der Waals surface area (Å²) in [6.45, 7) is 12.8. The molecule has 0 aliphatic carbocycles. The summed E-state index contributed by atoms with van der Waals surface area (Å²) in [6.07, 6.45) is 3.86. The third-order valence-electron chi connectivity index (χ3n) is 6.99. The summed E-state index contributed by atoms with van der Waals surface area (Å²) in [7, 11) is -6.63. The maximum absolute atomic E-state index is 14.0. The van der Waals surface area contributed by atoms with Crippen molar-refractivity contribution in [2.75, 3.05) is 26.4 Å². The first-order valence-electron chi connectivity index (χ1n) is 14.4. The first-order valence-corrected chi connectivity index (χ1v) is 18.5. The van der Waals surface area contributed by atoms with Crippen LogP contribution in [-0.4, -0.2) is 35.8 Å². The molecule has 0 fully saturated rings. The minimum atomic E-state index is -3.32. The Morgan fingerprint density at radius 2 is 0.864 bits per heavy atom. The molecule has 0 N–H and O–H groups in total. The SMILES string of the molecule is C=C(OP(C)(=O)N(C/C=C/CN(Cc1ccccc1)P(C)(=O)OC(=C)c1ccccc1)Cc1ccccc1)c1ccccc1. The van der Waals surface area contributed by atoms with Gasteiger partial charge in [-0.25, -0.2) is 9.34 Å². The molecular weight excluding hydrogens is 586 g/mol. The fourth-order valence-corrected chi connectivity index (χ4v) is 7.42. The van der Waals surface area contributed by atoms with Gasteiger partial charge in [0.25, 0.3) is 0 Å². The van der Waals surface area contributed by atoms with Gasteiger partial charge in [0.05, 0.1) is 0 Å². The van der Waals surface area contributed by atoms with Gasteiger partial charge in [-0.05, 0) is 11.1 Å². The average Bonchev–Trinajstić information content (AvgIpc) is 3.03. The molecule has 0 saturated heterocycles. The van der Waals surface area contributed by atoms with Gasteiger partial charge in [-0.1, -0.05) is 147 Å². The second kappa shape index (κ2) is 15.7. The van der Waals surface area contributed by atoms with E-state index in [-0.39, 0.29) is 0 Å². The summed E-state index contributed by atoms with van der Waals surface area (Å²) in [5.41, 5.74) is 3.57. The molecule has 4 rings (SSSR count). The van der Waals surface area contributed by atoms with Crippen LogP contribution in [-0.2, 0) is 31.3 Å². The van der Waals surface area contributed by atoms with Crippen molar-refractivity contribution in [1.82, 2.24) is 9.34 Å². The molecule has 0 radical (unpaired) electrons. The van der Waals surface area contributed by atoms with Crippen LogP contribution in [0.1, 0.15) is 22.3 Å². The van der Waals surface area contributed by atoms with Gasteiger partial charge < -0.3 is 9.05 Å². The van der Waals surface area contributed by atoms with Crippen LogP contribution in [0.5, 0.6) is 0 Å². The molecule has 4 aromatic carbocycles. The first kappa shape index (κ1) is 33.0. The van der Waals surface area contributed by atoms with Crippen molar-refractivity contribution in [2.24, 2.45) is 0 Å². The number of hydrogen-bond donors (Lipinski definition) is 0. The standard InChI is InChI=1S/C36H40N2O4P2/c1-31(35-23-13-7-14-24-35)41-43(3,39)37(29-33-19-9-5-10-20-33)27-17-18-28-38(30-34-21-11-6-12-22-34)44(4,40)42-32(2)36-25-15-8-16-26-36/h5-26H,1-2,27-30H2,3-4H3/b18-17+. The van der Waals surface area contributed by atoms with E-state index in [0.29, 0.717) is 37.7 Å². The van der Waals surface area contributed by atoms with Gasteiger partial charge in [-0.2, -0.15) is 0 Å². The summed E-state index contributed by atoms with van der Waals surface area (Å²) >= 11 is 0. The zero-order chi connectivity index (χ0) is 31.4. The van der Waals surface area contributed by atoms with Crippen LogP contribution in [0.15, 0.2) is 147 Å². The summed E-state index contributed by atoms with van der Waals surface area (Å²) < 4.78 is 43.7. The fourth-order valence-electron chi connectivity index (χ4n) is 4.54. The highest BCUT2D eigenvalue weighted by atomic mass is 31.2. The van der Waals surface area contributed by atoms with E-state index in [1.165, 1.54) is 0 Å². The maximum atomic E-state index is 14.0. The predicted octanol–water partition coefficient (Wildman–Crippen LogP) is 9.57. The molecule has 2 unspecified atom stereocenters. The highest BCUT2D eigenvalue weighted by molar-refractivity contribution is 7.56. The van der Waals surface area contributed by atoms with E-state index < -0.39 is 15.0 Å². The van der Waals surface area contributed by atoms with Crippen molar-refractivity contribution in [3.05, 3.63) is 169 Å². The van der Waals surface area contributed by atoms with Gasteiger partial charge >= 0.3 is 15.0 Å². The van der Waals surface area contributed by atoms with Crippen molar-refractivity contribution in [3.63, 3.8) is 0 Å². The zero-order valence-electron chi connectivity index (χ0n) is 25.4. The van der Waals surface area contributed by atoms with Crippen molar-refractivity contribution in [3.8, 4) is 0 Å². The van der Waals surface area contributed by atoms with Crippen molar-refractivity contribution < 1.29 is 18.2 Å². The average molecular weight is 627 g/mol. The molecule has 0 bridgehead atoms. The van der Waals surface area contributed by atoms with Gasteiger partial charge in [-0.15, -0.1) is 0 Å². The first-order chi connectivity index (χ1) is 21.1. The molecule has 0 saturated carbocycles. The van der Waals surface area contributed by atoms with Gasteiger partial charge in [-0.3, -0.25) is 9.13 Å². The minimum Gasteiger partial charge on any atom is -0.433 e. The summed E-state index contributed by atoms with van der Waals surface area (Å²) in [4.78, 5) is 0. The van der Waals surface area contributed by atoms with Crippen LogP contribution >= 0.6 is 15.0 Å². The predicted molar refractivity (Wildman–Crippen MR) is 183 cm³/mol. The fraction of sp³-hybridized carbons (Fsp3) is 0.167. The molecule has 0 heterocycles. The van der Waals surface area contributed by atoms with E-state index >= 15 is 0 Å². The Morgan fingerprint density at radius 3 is 1.18 bits per heavy atom. The Bertz CT molecular complexity index is 1510. The van der Waals surface area contributed by atoms with Gasteiger partial charge in [0, 0.05) is 50.6 Å². The van der Waals surface area contributed by atoms with Crippen LogP contribution in [0.2, 0.25) is 0 Å². The van der Waals surface area contributed by atoms with Crippen molar-refractivity contribution in [2.45, 2.75) is 13.1 Å². The molecule has 0 aliphatic rings. The quantitative estimate of drug-likeness (QED) is 0.0701. The van der Waals surface area contributed by atoms with Gasteiger partial charge in [0.2, 0.25) is 0 Å². The zero-order valence-corrected chi connectivity index (χ0v) is 27.2. The Hall–Kier alpha value is -3.92. The summed E-state index contributed by atoms with van der Waals surface area (Å²) in [5.74, 6) is 0.713. The van der Waals surface area contributed by atoms with E-state index in [2.05, 4.69) is 13.2 Å². The largest absolute Gasteiger partial charge is 0.433 e. The van der Waals surface area contributed by atoms with Crippen molar-refractivity contribution in [1.29, 1.82) is 0 Å². The number of rotatable bonds is 16. The Balaban J connectivity index is 1.51. The molecule has 0 aliphatic heterocycles. The second-order valence-corrected chi connectivity index (χ2v) is 15.2. The van der Waals surface area contributed by atoms with Crippen LogP contribution in [0, 0.1) is 0 Å². The molecule has 228 valence electrons. The van der Waals surface area contributed by atoms with E-state index in [4.69, 9.17) is 9.05 Å². The van der Waals surface area contributed by atoms with Gasteiger partial charge in [0.1, 0.15) is 11.5 Å². The summed E-state index contributed by atoms with van der Waals surface area (Å²) in [5, 5.41) is 0. The molecule has 8 heteroatoms. The van der Waals surface area contributed by atoms with E-state index in [9.17, 15) is 9.13 Å². The molecule has 0 amide bonds. The third-order valence-corrected chi connectivity index (χ3v) is 10.8. The molecular formula is C36H40N2O4P2. The number of nitrogens with zero attached hydrogens (tertiary/aromatic N) is 2. The second-order valence-electron chi connectivity index (χ2n) is 10.5. The Kier molecular flexibility index (Phi) is 11.8. The topological polar surface area (TPSA) is 59.1 Å². The lowest BCUT2D eigenvalue weighted by atomic mass is 10.2. The highest BCUT2D eigenvalue weighted by Crippen LogP contribution is 2.52. The van der Waals surface area contributed by atoms with E-state index in [0.717, 1.165) is 22.3 Å². The number of benzene rings is 4. The molecule has 2 atom stereocenters. The van der Waals surface area contributed by atoms with E-state index in [1.54, 1.807) is 13.3 Å². The normalized spacial score (nSPS) is 14.2.